The summed E-state index contributed by atoms with van der Waals surface area (Å²) < 4.78 is 0. The number of fused-ring (bicyclic) bond motifs is 1. The minimum atomic E-state index is 0. The molecule has 0 bridgehead atoms. The smallest absolute Gasteiger partial charge is 0.166 e. The maximum Gasteiger partial charge on any atom is 0.166 e. The van der Waals surface area contributed by atoms with Gasteiger partial charge in [0.05, 0.1) is 5.71 Å². The zero-order valence-corrected chi connectivity index (χ0v) is 21.4. The van der Waals surface area contributed by atoms with E-state index in [2.05, 4.69) is 88.5 Å². The van der Waals surface area contributed by atoms with Gasteiger partial charge in [0.1, 0.15) is 0 Å². The first-order chi connectivity index (χ1) is 16.8. The van der Waals surface area contributed by atoms with Crippen LogP contribution in [-0.2, 0) is 6.42 Å². The van der Waals surface area contributed by atoms with Gasteiger partial charge < -0.3 is 0 Å². The standard InChI is InChI=1S/C33H35NO.H2/c1-20-17-33(18-20)13-12-30(33)32(35)27-11-9-24(14-23(27)4)16-26-6-5-7-28-29(19-34-31(26)28)25-10-8-21(2)22(3)15-25;/h5-11,14-15,19-20,28,30H,12-13,16-18H2,1-4H3;1H. The maximum atomic E-state index is 13.4. The average Bonchev–Trinajstić information content (AvgIpc) is 3.23. The molecule has 6 rings (SSSR count). The van der Waals surface area contributed by atoms with Crippen molar-refractivity contribution in [3.63, 3.8) is 0 Å². The number of Topliss-reactive ketones (excluding diaryl/α,β-unsaturated/α-hetero) is 1. The lowest BCUT2D eigenvalue weighted by atomic mass is 9.45. The Labute approximate surface area is 211 Å². The fraction of sp³-hybridized carbons (Fsp3) is 0.394. The van der Waals surface area contributed by atoms with Crippen molar-refractivity contribution >= 4 is 17.1 Å². The van der Waals surface area contributed by atoms with Gasteiger partial charge in [-0.3, -0.25) is 9.79 Å². The molecule has 35 heavy (non-hydrogen) atoms. The molecule has 0 amide bonds. The van der Waals surface area contributed by atoms with Crippen LogP contribution in [0.25, 0.3) is 5.57 Å². The van der Waals surface area contributed by atoms with E-state index in [0.29, 0.717) is 11.2 Å². The third-order valence-electron chi connectivity index (χ3n) is 9.19. The van der Waals surface area contributed by atoms with E-state index >= 15 is 0 Å². The van der Waals surface area contributed by atoms with Gasteiger partial charge in [-0.05, 0) is 103 Å². The van der Waals surface area contributed by atoms with Crippen LogP contribution in [-0.4, -0.2) is 11.5 Å². The Kier molecular flexibility index (Phi) is 5.32. The molecule has 2 nitrogen and oxygen atoms in total. The molecule has 1 aliphatic heterocycles. The van der Waals surface area contributed by atoms with Crippen LogP contribution in [0, 0.1) is 43.9 Å². The molecule has 2 saturated carbocycles. The van der Waals surface area contributed by atoms with Gasteiger partial charge >= 0.3 is 0 Å². The minimum absolute atomic E-state index is 0. The van der Waals surface area contributed by atoms with E-state index in [0.717, 1.165) is 35.6 Å². The lowest BCUT2D eigenvalue weighted by Gasteiger charge is -2.58. The van der Waals surface area contributed by atoms with Crippen LogP contribution in [0.1, 0.15) is 72.2 Å². The highest BCUT2D eigenvalue weighted by Gasteiger charge is 2.56. The Morgan fingerprint density at radius 2 is 1.89 bits per heavy atom. The summed E-state index contributed by atoms with van der Waals surface area (Å²) in [7, 11) is 0. The molecule has 2 heteroatoms. The number of rotatable bonds is 5. The van der Waals surface area contributed by atoms with E-state index in [1.807, 2.05) is 0 Å². The molecule has 180 valence electrons. The predicted molar refractivity (Wildman–Crippen MR) is 147 cm³/mol. The first-order valence-corrected chi connectivity index (χ1v) is 13.2. The van der Waals surface area contributed by atoms with E-state index in [9.17, 15) is 4.79 Å². The highest BCUT2D eigenvalue weighted by molar-refractivity contribution is 6.13. The van der Waals surface area contributed by atoms with Crippen LogP contribution in [0.4, 0.5) is 0 Å². The van der Waals surface area contributed by atoms with Crippen molar-refractivity contribution < 1.29 is 6.22 Å². The van der Waals surface area contributed by atoms with Crippen molar-refractivity contribution in [2.24, 2.45) is 28.2 Å². The van der Waals surface area contributed by atoms with Crippen LogP contribution in [0.2, 0.25) is 0 Å². The summed E-state index contributed by atoms with van der Waals surface area (Å²) in [6.45, 7) is 8.76. The number of carbonyl (C=O) groups excluding carboxylic acids is 1. The van der Waals surface area contributed by atoms with Crippen molar-refractivity contribution in [2.45, 2.75) is 59.8 Å². The Hall–Kier alpha value is -3.00. The Morgan fingerprint density at radius 1 is 1.06 bits per heavy atom. The second-order valence-electron chi connectivity index (χ2n) is 11.6. The van der Waals surface area contributed by atoms with Gasteiger partial charge in [0.25, 0.3) is 0 Å². The number of carbonyl (C=O) groups is 1. The summed E-state index contributed by atoms with van der Waals surface area (Å²) in [6, 6.07) is 13.2. The molecule has 2 unspecified atom stereocenters. The van der Waals surface area contributed by atoms with E-state index in [4.69, 9.17) is 4.99 Å². The van der Waals surface area contributed by atoms with Gasteiger partial charge in [-0.15, -0.1) is 0 Å². The second-order valence-corrected chi connectivity index (χ2v) is 11.6. The average molecular weight is 464 g/mol. The number of hydrogen-bond donors (Lipinski definition) is 0. The molecule has 1 heterocycles. The summed E-state index contributed by atoms with van der Waals surface area (Å²) in [5, 5.41) is 0. The molecule has 0 radical (unpaired) electrons. The van der Waals surface area contributed by atoms with E-state index in [-0.39, 0.29) is 13.3 Å². The number of aryl methyl sites for hydroxylation is 3. The molecule has 2 aromatic rings. The third kappa shape index (κ3) is 3.69. The molecule has 2 fully saturated rings. The molecular formula is C33H37NO. The molecule has 0 aromatic heterocycles. The second kappa shape index (κ2) is 8.29. The molecule has 0 N–H and O–H groups in total. The highest BCUT2D eigenvalue weighted by Crippen LogP contribution is 2.62. The fourth-order valence-electron chi connectivity index (χ4n) is 7.06. The summed E-state index contributed by atoms with van der Waals surface area (Å²) in [4.78, 5) is 18.3. The Balaban J connectivity index is 0.00000267. The molecule has 0 saturated heterocycles. The van der Waals surface area contributed by atoms with Crippen molar-refractivity contribution in [1.82, 2.24) is 0 Å². The first-order valence-electron chi connectivity index (χ1n) is 13.2. The zero-order valence-electron chi connectivity index (χ0n) is 21.4. The summed E-state index contributed by atoms with van der Waals surface area (Å²) in [6.07, 6.45) is 14.3. The lowest BCUT2D eigenvalue weighted by molar-refractivity contribution is -0.0661. The van der Waals surface area contributed by atoms with E-state index in [1.54, 1.807) is 0 Å². The van der Waals surface area contributed by atoms with Crippen LogP contribution in [0.3, 0.4) is 0 Å². The number of allylic oxidation sites excluding steroid dienone is 5. The summed E-state index contributed by atoms with van der Waals surface area (Å²) in [5.74, 6) is 1.64. The topological polar surface area (TPSA) is 29.4 Å². The van der Waals surface area contributed by atoms with Gasteiger partial charge in [-0.2, -0.15) is 0 Å². The number of benzene rings is 2. The molecule has 2 atom stereocenters. The van der Waals surface area contributed by atoms with Crippen molar-refractivity contribution in [3.05, 3.63) is 99.8 Å². The molecule has 2 aromatic carbocycles. The van der Waals surface area contributed by atoms with Crippen LogP contribution < -0.4 is 0 Å². The number of nitrogens with zero attached hydrogens (tertiary/aromatic N) is 1. The van der Waals surface area contributed by atoms with Crippen LogP contribution in [0.15, 0.2) is 71.4 Å². The predicted octanol–water partition coefficient (Wildman–Crippen LogP) is 8.02. The summed E-state index contributed by atoms with van der Waals surface area (Å²) >= 11 is 0. The lowest BCUT2D eigenvalue weighted by Crippen LogP contribution is -2.52. The number of aliphatic imine (C=N–C) groups is 1. The molecule has 3 aliphatic carbocycles. The quantitative estimate of drug-likeness (QED) is 0.413. The van der Waals surface area contributed by atoms with Gasteiger partial charge in [0.2, 0.25) is 0 Å². The zero-order chi connectivity index (χ0) is 24.3. The third-order valence-corrected chi connectivity index (χ3v) is 9.19. The van der Waals surface area contributed by atoms with Crippen LogP contribution >= 0.6 is 0 Å². The number of ketones is 1. The van der Waals surface area contributed by atoms with E-state index < -0.39 is 0 Å². The fourth-order valence-corrected chi connectivity index (χ4v) is 7.06. The molecule has 4 aliphatic rings. The monoisotopic (exact) mass is 463 g/mol. The van der Waals surface area contributed by atoms with Gasteiger partial charge in [-0.1, -0.05) is 61.5 Å². The molecule has 1 spiro atoms. The number of hydrogen-bond acceptors (Lipinski definition) is 2. The van der Waals surface area contributed by atoms with Crippen molar-refractivity contribution in [3.8, 4) is 0 Å². The summed E-state index contributed by atoms with van der Waals surface area (Å²) in [5.41, 5.74) is 11.2. The van der Waals surface area contributed by atoms with Crippen molar-refractivity contribution in [2.75, 3.05) is 0 Å². The van der Waals surface area contributed by atoms with Gasteiger partial charge in [-0.25, -0.2) is 0 Å². The SMILES string of the molecule is Cc1ccc(C2=CN=C3C(Cc4ccc(C(=O)C5CCC56CC(C)C6)c(C)c4)=CC=CC23)cc1C.[HH]. The Bertz CT molecular complexity index is 1350. The van der Waals surface area contributed by atoms with Crippen molar-refractivity contribution in [1.29, 1.82) is 0 Å². The van der Waals surface area contributed by atoms with Gasteiger partial charge in [0, 0.05) is 25.0 Å². The minimum Gasteiger partial charge on any atom is -0.294 e. The maximum absolute atomic E-state index is 13.4. The van der Waals surface area contributed by atoms with E-state index in [1.165, 1.54) is 52.7 Å². The van der Waals surface area contributed by atoms with Crippen LogP contribution in [0.5, 0.6) is 0 Å². The van der Waals surface area contributed by atoms with Gasteiger partial charge in [0.15, 0.2) is 5.78 Å². The highest BCUT2D eigenvalue weighted by atomic mass is 16.1. The Morgan fingerprint density at radius 3 is 2.57 bits per heavy atom. The molecular weight excluding hydrogens is 426 g/mol. The largest absolute Gasteiger partial charge is 0.294 e. The normalized spacial score (nSPS) is 28.6. The first kappa shape index (κ1) is 22.5.